The Labute approximate surface area is 62.0 Å². The molecule has 1 rings (SSSR count). The standard InChI is InChI=1S/C8H15NO/c1-3-6-5-8(10)9-7(6)4-2/h6-7H,3-5H2,1-2H3,(H,9,10)/t6-,7-/m0/s1. The first kappa shape index (κ1) is 7.58. The summed E-state index contributed by atoms with van der Waals surface area (Å²) in [5.74, 6) is 0.830. The van der Waals surface area contributed by atoms with Gasteiger partial charge in [0.05, 0.1) is 0 Å². The van der Waals surface area contributed by atoms with E-state index in [1.54, 1.807) is 0 Å². The Morgan fingerprint density at radius 2 is 2.20 bits per heavy atom. The number of rotatable bonds is 2. The summed E-state index contributed by atoms with van der Waals surface area (Å²) < 4.78 is 0. The molecule has 58 valence electrons. The van der Waals surface area contributed by atoms with E-state index in [4.69, 9.17) is 0 Å². The van der Waals surface area contributed by atoms with Gasteiger partial charge in [-0.15, -0.1) is 0 Å². The van der Waals surface area contributed by atoms with Crippen LogP contribution in [0.15, 0.2) is 0 Å². The van der Waals surface area contributed by atoms with Gasteiger partial charge in [-0.05, 0) is 12.3 Å². The molecule has 0 bridgehead atoms. The summed E-state index contributed by atoms with van der Waals surface area (Å²) in [6.45, 7) is 4.27. The topological polar surface area (TPSA) is 29.1 Å². The van der Waals surface area contributed by atoms with Gasteiger partial charge in [-0.25, -0.2) is 0 Å². The number of nitrogens with one attached hydrogen (secondary N) is 1. The van der Waals surface area contributed by atoms with Crippen molar-refractivity contribution in [2.45, 2.75) is 39.2 Å². The fourth-order valence-corrected chi connectivity index (χ4v) is 1.63. The van der Waals surface area contributed by atoms with Crippen molar-refractivity contribution in [3.63, 3.8) is 0 Å². The minimum Gasteiger partial charge on any atom is -0.353 e. The maximum Gasteiger partial charge on any atom is 0.220 e. The molecule has 0 unspecified atom stereocenters. The molecule has 0 spiro atoms. The minimum atomic E-state index is 0.235. The van der Waals surface area contributed by atoms with E-state index in [0.717, 1.165) is 19.3 Å². The molecule has 0 aromatic heterocycles. The van der Waals surface area contributed by atoms with E-state index in [9.17, 15) is 4.79 Å². The Balaban J connectivity index is 2.48. The third-order valence-corrected chi connectivity index (χ3v) is 2.33. The van der Waals surface area contributed by atoms with Crippen molar-refractivity contribution >= 4 is 5.91 Å². The van der Waals surface area contributed by atoms with E-state index in [1.165, 1.54) is 0 Å². The summed E-state index contributed by atoms with van der Waals surface area (Å²) in [6, 6.07) is 0.456. The maximum atomic E-state index is 10.9. The third-order valence-electron chi connectivity index (χ3n) is 2.33. The Bertz CT molecular complexity index is 119. The van der Waals surface area contributed by atoms with Gasteiger partial charge >= 0.3 is 0 Å². The first-order valence-electron chi connectivity index (χ1n) is 4.07. The van der Waals surface area contributed by atoms with Gasteiger partial charge in [0.1, 0.15) is 0 Å². The summed E-state index contributed by atoms with van der Waals surface area (Å²) in [5.41, 5.74) is 0. The molecule has 1 amide bonds. The predicted octanol–water partition coefficient (Wildman–Crippen LogP) is 1.31. The van der Waals surface area contributed by atoms with Crippen molar-refractivity contribution in [3.8, 4) is 0 Å². The van der Waals surface area contributed by atoms with Crippen molar-refractivity contribution in [1.29, 1.82) is 0 Å². The molecule has 2 nitrogen and oxygen atoms in total. The SMILES string of the molecule is CC[C@H]1CC(=O)N[C@H]1CC. The summed E-state index contributed by atoms with van der Waals surface area (Å²) in [7, 11) is 0. The number of amides is 1. The molecule has 1 saturated heterocycles. The fraction of sp³-hybridized carbons (Fsp3) is 0.875. The van der Waals surface area contributed by atoms with Crippen LogP contribution in [0.4, 0.5) is 0 Å². The van der Waals surface area contributed by atoms with Gasteiger partial charge in [-0.3, -0.25) is 4.79 Å². The zero-order chi connectivity index (χ0) is 7.56. The number of carbonyl (C=O) groups is 1. The van der Waals surface area contributed by atoms with Crippen molar-refractivity contribution < 1.29 is 4.79 Å². The molecule has 2 heteroatoms. The van der Waals surface area contributed by atoms with Crippen LogP contribution in [0.3, 0.4) is 0 Å². The van der Waals surface area contributed by atoms with Crippen LogP contribution in [0.25, 0.3) is 0 Å². The van der Waals surface area contributed by atoms with Gasteiger partial charge in [0.25, 0.3) is 0 Å². The minimum absolute atomic E-state index is 0.235. The second-order valence-electron chi connectivity index (χ2n) is 2.95. The average Bonchev–Trinajstić information content (AvgIpc) is 2.30. The lowest BCUT2D eigenvalue weighted by Crippen LogP contribution is -2.27. The van der Waals surface area contributed by atoms with Gasteiger partial charge in [0, 0.05) is 12.5 Å². The first-order valence-corrected chi connectivity index (χ1v) is 4.07. The van der Waals surface area contributed by atoms with Crippen molar-refractivity contribution in [1.82, 2.24) is 5.32 Å². The maximum absolute atomic E-state index is 10.9. The molecule has 1 aliphatic heterocycles. The van der Waals surface area contributed by atoms with Crippen molar-refractivity contribution in [2.24, 2.45) is 5.92 Å². The smallest absolute Gasteiger partial charge is 0.220 e. The van der Waals surface area contributed by atoms with E-state index in [2.05, 4.69) is 19.2 Å². The molecule has 10 heavy (non-hydrogen) atoms. The first-order chi connectivity index (χ1) is 4.77. The van der Waals surface area contributed by atoms with Gasteiger partial charge < -0.3 is 5.32 Å². The van der Waals surface area contributed by atoms with Crippen LogP contribution in [0.5, 0.6) is 0 Å². The van der Waals surface area contributed by atoms with Crippen LogP contribution < -0.4 is 5.32 Å². The lowest BCUT2D eigenvalue weighted by molar-refractivity contribution is -0.119. The van der Waals surface area contributed by atoms with Gasteiger partial charge in [-0.2, -0.15) is 0 Å². The van der Waals surface area contributed by atoms with E-state index < -0.39 is 0 Å². The molecule has 0 radical (unpaired) electrons. The van der Waals surface area contributed by atoms with E-state index in [1.807, 2.05) is 0 Å². The van der Waals surface area contributed by atoms with Crippen LogP contribution in [0.1, 0.15) is 33.1 Å². The molecule has 0 saturated carbocycles. The van der Waals surface area contributed by atoms with E-state index in [-0.39, 0.29) is 5.91 Å². The normalized spacial score (nSPS) is 32.4. The van der Waals surface area contributed by atoms with Crippen LogP contribution in [0, 0.1) is 5.92 Å². The molecule has 2 atom stereocenters. The van der Waals surface area contributed by atoms with Gasteiger partial charge in [-0.1, -0.05) is 20.3 Å². The molecule has 1 fully saturated rings. The Morgan fingerprint density at radius 3 is 2.60 bits per heavy atom. The number of hydrogen-bond acceptors (Lipinski definition) is 1. The molecule has 1 aliphatic rings. The van der Waals surface area contributed by atoms with Gasteiger partial charge in [0.15, 0.2) is 0 Å². The Morgan fingerprint density at radius 1 is 1.50 bits per heavy atom. The van der Waals surface area contributed by atoms with Crippen LogP contribution in [0.2, 0.25) is 0 Å². The van der Waals surface area contributed by atoms with E-state index in [0.29, 0.717) is 12.0 Å². The molecular weight excluding hydrogens is 126 g/mol. The van der Waals surface area contributed by atoms with Crippen LogP contribution in [-0.4, -0.2) is 11.9 Å². The highest BCUT2D eigenvalue weighted by atomic mass is 16.1. The molecule has 0 aromatic carbocycles. The largest absolute Gasteiger partial charge is 0.353 e. The zero-order valence-electron chi connectivity index (χ0n) is 6.68. The fourth-order valence-electron chi connectivity index (χ4n) is 1.63. The second-order valence-corrected chi connectivity index (χ2v) is 2.95. The van der Waals surface area contributed by atoms with Crippen LogP contribution >= 0.6 is 0 Å². The van der Waals surface area contributed by atoms with Crippen molar-refractivity contribution in [2.75, 3.05) is 0 Å². The summed E-state index contributed by atoms with van der Waals surface area (Å²) in [4.78, 5) is 10.9. The van der Waals surface area contributed by atoms with E-state index >= 15 is 0 Å². The number of hydrogen-bond donors (Lipinski definition) is 1. The molecule has 0 aliphatic carbocycles. The van der Waals surface area contributed by atoms with Gasteiger partial charge in [0.2, 0.25) is 5.91 Å². The summed E-state index contributed by atoms with van der Waals surface area (Å²) >= 11 is 0. The highest BCUT2D eigenvalue weighted by molar-refractivity contribution is 5.78. The second kappa shape index (κ2) is 3.04. The highest BCUT2D eigenvalue weighted by Crippen LogP contribution is 2.21. The molecule has 0 aromatic rings. The quantitative estimate of drug-likeness (QED) is 0.617. The van der Waals surface area contributed by atoms with Crippen LogP contribution in [-0.2, 0) is 4.79 Å². The summed E-state index contributed by atoms with van der Waals surface area (Å²) in [6.07, 6.45) is 2.94. The lowest BCUT2D eigenvalue weighted by atomic mass is 9.96. The van der Waals surface area contributed by atoms with Crippen molar-refractivity contribution in [3.05, 3.63) is 0 Å². The third kappa shape index (κ3) is 1.31. The molecule has 1 N–H and O–H groups in total. The molecular formula is C8H15NO. The zero-order valence-corrected chi connectivity index (χ0v) is 6.68. The summed E-state index contributed by atoms with van der Waals surface area (Å²) in [5, 5.41) is 2.97. The monoisotopic (exact) mass is 141 g/mol. The predicted molar refractivity (Wildman–Crippen MR) is 40.6 cm³/mol. The number of carbonyl (C=O) groups excluding carboxylic acids is 1. The Hall–Kier alpha value is -0.530. The average molecular weight is 141 g/mol. The Kier molecular flexibility index (Phi) is 2.30. The lowest BCUT2D eigenvalue weighted by Gasteiger charge is -2.13. The highest BCUT2D eigenvalue weighted by Gasteiger charge is 2.28. The molecule has 1 heterocycles.